The second-order valence-electron chi connectivity index (χ2n) is 5.70. The number of thiophene rings is 1. The molecule has 3 nitrogen and oxygen atoms in total. The van der Waals surface area contributed by atoms with Crippen molar-refractivity contribution in [3.05, 3.63) is 22.4 Å². The summed E-state index contributed by atoms with van der Waals surface area (Å²) in [6.45, 7) is 4.32. The Bertz CT molecular complexity index is 476. The predicted molar refractivity (Wildman–Crippen MR) is 69.3 cm³/mol. The highest BCUT2D eigenvalue weighted by Gasteiger charge is 2.46. The maximum Gasteiger partial charge on any atom is 0.144 e. The molecule has 0 saturated heterocycles. The third kappa shape index (κ3) is 1.80. The van der Waals surface area contributed by atoms with Crippen LogP contribution in [0.2, 0.25) is 0 Å². The molecule has 0 radical (unpaired) electrons. The first-order chi connectivity index (χ1) is 8.07. The van der Waals surface area contributed by atoms with Crippen molar-refractivity contribution in [2.75, 3.05) is 0 Å². The number of nitrogens with zero attached hydrogens (tertiary/aromatic N) is 1. The second-order valence-corrected chi connectivity index (χ2v) is 6.65. The van der Waals surface area contributed by atoms with Crippen molar-refractivity contribution >= 4 is 22.8 Å². The maximum absolute atomic E-state index is 12.3. The Balaban J connectivity index is 1.91. The quantitative estimate of drug-likeness (QED) is 0.829. The summed E-state index contributed by atoms with van der Waals surface area (Å²) in [7, 11) is 0. The number of fused-ring (bicyclic) bond motifs is 1. The monoisotopic (exact) mass is 248 g/mol. The van der Waals surface area contributed by atoms with Gasteiger partial charge in [-0.05, 0) is 23.3 Å². The summed E-state index contributed by atoms with van der Waals surface area (Å²) >= 11 is 1.65. The topological polar surface area (TPSA) is 41.5 Å². The zero-order chi connectivity index (χ0) is 12.0. The van der Waals surface area contributed by atoms with E-state index in [4.69, 9.17) is 0 Å². The van der Waals surface area contributed by atoms with Crippen molar-refractivity contribution in [2.24, 2.45) is 16.4 Å². The number of carbonyl (C=O) groups is 1. The normalized spacial score (nSPS) is 30.7. The lowest BCUT2D eigenvalue weighted by Crippen LogP contribution is -2.45. The number of hydrogen-bond donors (Lipinski definition) is 1. The van der Waals surface area contributed by atoms with E-state index in [1.807, 2.05) is 17.5 Å². The van der Waals surface area contributed by atoms with Crippen LogP contribution in [0.1, 0.15) is 31.6 Å². The van der Waals surface area contributed by atoms with Gasteiger partial charge in [0.15, 0.2) is 0 Å². The molecule has 1 aliphatic carbocycles. The molecule has 1 N–H and O–H groups in total. The molecule has 90 valence electrons. The first-order valence-electron chi connectivity index (χ1n) is 5.96. The summed E-state index contributed by atoms with van der Waals surface area (Å²) < 4.78 is 0. The molecule has 2 atom stereocenters. The molecular weight excluding hydrogens is 232 g/mol. The second kappa shape index (κ2) is 3.67. The smallest absolute Gasteiger partial charge is 0.144 e. The molecule has 2 aliphatic rings. The fourth-order valence-electron chi connectivity index (χ4n) is 2.91. The molecule has 1 aromatic heterocycles. The molecular formula is C13H16N2OS. The SMILES string of the molecule is CC1(C)CC(=O)C2C(c3cccs3)=NNC2C1. The lowest BCUT2D eigenvalue weighted by atomic mass is 9.69. The fourth-order valence-corrected chi connectivity index (χ4v) is 3.66. The Morgan fingerprint density at radius 1 is 1.53 bits per heavy atom. The Morgan fingerprint density at radius 2 is 2.35 bits per heavy atom. The van der Waals surface area contributed by atoms with Crippen LogP contribution in [0.25, 0.3) is 0 Å². The number of hydrogen-bond acceptors (Lipinski definition) is 4. The van der Waals surface area contributed by atoms with Crippen molar-refractivity contribution in [3.63, 3.8) is 0 Å². The molecule has 0 bridgehead atoms. The molecule has 1 fully saturated rings. The van der Waals surface area contributed by atoms with Crippen molar-refractivity contribution in [3.8, 4) is 0 Å². The van der Waals surface area contributed by atoms with Gasteiger partial charge in [-0.1, -0.05) is 19.9 Å². The van der Waals surface area contributed by atoms with Gasteiger partial charge in [0.05, 0.1) is 22.5 Å². The van der Waals surface area contributed by atoms with E-state index in [1.165, 1.54) is 0 Å². The first-order valence-corrected chi connectivity index (χ1v) is 6.84. The minimum atomic E-state index is -0.0262. The van der Waals surface area contributed by atoms with E-state index in [2.05, 4.69) is 24.4 Å². The Kier molecular flexibility index (Phi) is 2.36. The van der Waals surface area contributed by atoms with Gasteiger partial charge in [-0.2, -0.15) is 5.10 Å². The lowest BCUT2D eigenvalue weighted by Gasteiger charge is -2.36. The first kappa shape index (κ1) is 11.0. The van der Waals surface area contributed by atoms with Crippen molar-refractivity contribution < 1.29 is 4.79 Å². The summed E-state index contributed by atoms with van der Waals surface area (Å²) in [5, 5.41) is 6.43. The van der Waals surface area contributed by atoms with Crippen molar-refractivity contribution in [2.45, 2.75) is 32.7 Å². The zero-order valence-corrected chi connectivity index (χ0v) is 10.9. The van der Waals surface area contributed by atoms with E-state index in [-0.39, 0.29) is 17.4 Å². The van der Waals surface area contributed by atoms with E-state index in [1.54, 1.807) is 11.3 Å². The van der Waals surface area contributed by atoms with Crippen molar-refractivity contribution in [1.29, 1.82) is 0 Å². The summed E-state index contributed by atoms with van der Waals surface area (Å²) in [6.07, 6.45) is 1.68. The summed E-state index contributed by atoms with van der Waals surface area (Å²) in [5.41, 5.74) is 4.21. The number of hydrazone groups is 1. The van der Waals surface area contributed by atoms with Crippen LogP contribution in [-0.4, -0.2) is 17.5 Å². The molecule has 2 unspecified atom stereocenters. The van der Waals surface area contributed by atoms with Gasteiger partial charge in [0.1, 0.15) is 5.78 Å². The van der Waals surface area contributed by atoms with Crippen LogP contribution in [0.3, 0.4) is 0 Å². The van der Waals surface area contributed by atoms with Crippen LogP contribution < -0.4 is 5.43 Å². The highest BCUT2D eigenvalue weighted by Crippen LogP contribution is 2.39. The third-order valence-electron chi connectivity index (χ3n) is 3.59. The van der Waals surface area contributed by atoms with Gasteiger partial charge >= 0.3 is 0 Å². The molecule has 1 aromatic rings. The van der Waals surface area contributed by atoms with Gasteiger partial charge in [0.2, 0.25) is 0 Å². The number of Topliss-reactive ketones (excluding diaryl/α,β-unsaturated/α-hetero) is 1. The summed E-state index contributed by atoms with van der Waals surface area (Å²) in [6, 6.07) is 4.25. The van der Waals surface area contributed by atoms with Gasteiger partial charge in [-0.15, -0.1) is 11.3 Å². The molecule has 0 aromatic carbocycles. The predicted octanol–water partition coefficient (Wildman–Crippen LogP) is 2.43. The van der Waals surface area contributed by atoms with Crippen LogP contribution in [-0.2, 0) is 4.79 Å². The molecule has 17 heavy (non-hydrogen) atoms. The van der Waals surface area contributed by atoms with E-state index in [9.17, 15) is 4.79 Å². The minimum absolute atomic E-state index is 0.0262. The van der Waals surface area contributed by atoms with Crippen LogP contribution in [0.5, 0.6) is 0 Å². The van der Waals surface area contributed by atoms with Gasteiger partial charge in [-0.25, -0.2) is 0 Å². The summed E-state index contributed by atoms with van der Waals surface area (Å²) in [5.74, 6) is 0.310. The largest absolute Gasteiger partial charge is 0.306 e. The number of nitrogens with one attached hydrogen (secondary N) is 1. The fraction of sp³-hybridized carbons (Fsp3) is 0.538. The molecule has 1 saturated carbocycles. The van der Waals surface area contributed by atoms with Crippen LogP contribution >= 0.6 is 11.3 Å². The van der Waals surface area contributed by atoms with E-state index in [0.717, 1.165) is 17.0 Å². The van der Waals surface area contributed by atoms with Gasteiger partial charge < -0.3 is 5.43 Å². The molecule has 0 spiro atoms. The number of rotatable bonds is 1. The Labute approximate surface area is 105 Å². The van der Waals surface area contributed by atoms with Gasteiger partial charge in [-0.3, -0.25) is 4.79 Å². The Morgan fingerprint density at radius 3 is 3.06 bits per heavy atom. The van der Waals surface area contributed by atoms with Crippen LogP contribution in [0.15, 0.2) is 22.6 Å². The van der Waals surface area contributed by atoms with Crippen LogP contribution in [0.4, 0.5) is 0 Å². The average Bonchev–Trinajstić information content (AvgIpc) is 2.81. The number of ketones is 1. The van der Waals surface area contributed by atoms with Crippen molar-refractivity contribution in [1.82, 2.24) is 5.43 Å². The highest BCUT2D eigenvalue weighted by molar-refractivity contribution is 7.12. The minimum Gasteiger partial charge on any atom is -0.306 e. The lowest BCUT2D eigenvalue weighted by molar-refractivity contribution is -0.126. The van der Waals surface area contributed by atoms with E-state index >= 15 is 0 Å². The van der Waals surface area contributed by atoms with Gasteiger partial charge in [0, 0.05) is 6.42 Å². The molecule has 1 aliphatic heterocycles. The highest BCUT2D eigenvalue weighted by atomic mass is 32.1. The maximum atomic E-state index is 12.3. The molecule has 2 heterocycles. The number of carbonyl (C=O) groups excluding carboxylic acids is 1. The van der Waals surface area contributed by atoms with Crippen LogP contribution in [0, 0.1) is 11.3 Å². The van der Waals surface area contributed by atoms with E-state index < -0.39 is 0 Å². The third-order valence-corrected chi connectivity index (χ3v) is 4.49. The standard InChI is InChI=1S/C13H16N2OS/c1-13(2)6-8-11(9(16)7-13)12(15-14-8)10-4-3-5-17-10/h3-5,8,11,14H,6-7H2,1-2H3. The summed E-state index contributed by atoms with van der Waals surface area (Å²) in [4.78, 5) is 13.4. The molecule has 4 heteroatoms. The average molecular weight is 248 g/mol. The Hall–Kier alpha value is -1.16. The van der Waals surface area contributed by atoms with E-state index in [0.29, 0.717) is 12.2 Å². The van der Waals surface area contributed by atoms with Gasteiger partial charge in [0.25, 0.3) is 0 Å². The molecule has 3 rings (SSSR count). The zero-order valence-electron chi connectivity index (χ0n) is 10.1. The molecule has 0 amide bonds.